The van der Waals surface area contributed by atoms with Crippen molar-refractivity contribution in [2.24, 2.45) is 0 Å². The molecule has 0 atom stereocenters. The summed E-state index contributed by atoms with van der Waals surface area (Å²) in [5.74, 6) is 0.774. The zero-order valence-corrected chi connectivity index (χ0v) is 9.60. The van der Waals surface area contributed by atoms with Gasteiger partial charge in [0.15, 0.2) is 4.47 Å². The first kappa shape index (κ1) is 10.3. The lowest BCUT2D eigenvalue weighted by Gasteiger charge is -2.02. The summed E-state index contributed by atoms with van der Waals surface area (Å²) in [4.78, 5) is 4.16. The monoisotopic (exact) mass is 240 g/mol. The summed E-state index contributed by atoms with van der Waals surface area (Å²) in [6.45, 7) is 0. The smallest absolute Gasteiger partial charge is 0.186 e. The predicted molar refractivity (Wildman–Crippen MR) is 63.5 cm³/mol. The maximum Gasteiger partial charge on any atom is 0.186 e. The summed E-state index contributed by atoms with van der Waals surface area (Å²) in [5.41, 5.74) is 7.42. The van der Waals surface area contributed by atoms with Gasteiger partial charge >= 0.3 is 0 Å². The van der Waals surface area contributed by atoms with Crippen molar-refractivity contribution in [3.8, 4) is 17.0 Å². The summed E-state index contributed by atoms with van der Waals surface area (Å²) in [6.07, 6.45) is 0. The van der Waals surface area contributed by atoms with Crippen molar-refractivity contribution in [2.45, 2.75) is 0 Å². The Morgan fingerprint density at radius 3 is 2.87 bits per heavy atom. The number of nitrogens with two attached hydrogens (primary N) is 1. The van der Waals surface area contributed by atoms with Crippen molar-refractivity contribution in [3.63, 3.8) is 0 Å². The number of hydrogen-bond donors (Lipinski definition) is 1. The minimum Gasteiger partial charge on any atom is -0.497 e. The molecule has 0 saturated heterocycles. The summed E-state index contributed by atoms with van der Waals surface area (Å²) in [6, 6.07) is 7.56. The average Bonchev–Trinajstić information content (AvgIpc) is 2.58. The molecule has 0 aliphatic rings. The lowest BCUT2D eigenvalue weighted by atomic mass is 10.1. The number of thiazole rings is 1. The second-order valence-corrected chi connectivity index (χ2v) is 4.52. The van der Waals surface area contributed by atoms with Crippen LogP contribution in [-0.4, -0.2) is 12.1 Å². The normalized spacial score (nSPS) is 10.3. The minimum atomic E-state index is 0.449. The van der Waals surface area contributed by atoms with Gasteiger partial charge in [-0.05, 0) is 12.1 Å². The van der Waals surface area contributed by atoms with Crippen molar-refractivity contribution in [3.05, 3.63) is 28.7 Å². The number of benzene rings is 1. The lowest BCUT2D eigenvalue weighted by Crippen LogP contribution is -1.87. The molecule has 15 heavy (non-hydrogen) atoms. The van der Waals surface area contributed by atoms with E-state index >= 15 is 0 Å². The van der Waals surface area contributed by atoms with Crippen LogP contribution in [0.1, 0.15) is 0 Å². The molecule has 3 nitrogen and oxygen atoms in total. The Kier molecular flexibility index (Phi) is 2.79. The van der Waals surface area contributed by atoms with Gasteiger partial charge in [0.25, 0.3) is 0 Å². The number of nitrogen functional groups attached to an aromatic ring is 1. The third kappa shape index (κ3) is 2.06. The van der Waals surface area contributed by atoms with E-state index in [9.17, 15) is 0 Å². The molecule has 0 aliphatic heterocycles. The first-order valence-electron chi connectivity index (χ1n) is 4.27. The molecule has 0 radical (unpaired) electrons. The van der Waals surface area contributed by atoms with Crippen LogP contribution in [0.25, 0.3) is 11.3 Å². The Labute approximate surface area is 96.5 Å². The molecule has 0 fully saturated rings. The minimum absolute atomic E-state index is 0.449. The molecular formula is C10H9ClN2OS. The van der Waals surface area contributed by atoms with Crippen LogP contribution in [0, 0.1) is 0 Å². The maximum atomic E-state index is 5.80. The highest BCUT2D eigenvalue weighted by Gasteiger charge is 2.09. The topological polar surface area (TPSA) is 48.1 Å². The van der Waals surface area contributed by atoms with E-state index in [0.29, 0.717) is 15.2 Å². The van der Waals surface area contributed by atoms with Crippen LogP contribution in [0.15, 0.2) is 24.3 Å². The molecule has 0 saturated carbocycles. The standard InChI is InChI=1S/C10H9ClN2OS/c1-14-7-4-2-3-6(5-7)8-9(12)15-10(11)13-8/h2-5H,12H2,1H3. The molecule has 2 rings (SSSR count). The van der Waals surface area contributed by atoms with E-state index in [2.05, 4.69) is 4.98 Å². The first-order valence-corrected chi connectivity index (χ1v) is 5.46. The number of aromatic nitrogens is 1. The summed E-state index contributed by atoms with van der Waals surface area (Å²) in [7, 11) is 1.62. The highest BCUT2D eigenvalue weighted by atomic mass is 35.5. The van der Waals surface area contributed by atoms with Crippen molar-refractivity contribution in [1.29, 1.82) is 0 Å². The molecule has 0 bridgehead atoms. The molecular weight excluding hydrogens is 232 g/mol. The Morgan fingerprint density at radius 1 is 1.47 bits per heavy atom. The van der Waals surface area contributed by atoms with Crippen LogP contribution in [0.5, 0.6) is 5.75 Å². The van der Waals surface area contributed by atoms with Gasteiger partial charge in [0.05, 0.1) is 7.11 Å². The SMILES string of the molecule is COc1cccc(-c2nc(Cl)sc2N)c1. The van der Waals surface area contributed by atoms with Gasteiger partial charge in [-0.3, -0.25) is 0 Å². The molecule has 78 valence electrons. The van der Waals surface area contributed by atoms with Gasteiger partial charge in [-0.25, -0.2) is 4.98 Å². The van der Waals surface area contributed by atoms with E-state index in [-0.39, 0.29) is 0 Å². The fraction of sp³-hybridized carbons (Fsp3) is 0.100. The van der Waals surface area contributed by atoms with E-state index in [1.54, 1.807) is 7.11 Å². The summed E-state index contributed by atoms with van der Waals surface area (Å²) in [5, 5.41) is 0.619. The van der Waals surface area contributed by atoms with E-state index in [0.717, 1.165) is 11.3 Å². The van der Waals surface area contributed by atoms with Crippen molar-refractivity contribution in [1.82, 2.24) is 4.98 Å². The Hall–Kier alpha value is -1.26. The van der Waals surface area contributed by atoms with Crippen LogP contribution in [0.2, 0.25) is 4.47 Å². The van der Waals surface area contributed by atoms with Gasteiger partial charge in [-0.1, -0.05) is 35.1 Å². The van der Waals surface area contributed by atoms with Gasteiger partial charge in [0, 0.05) is 5.56 Å². The van der Waals surface area contributed by atoms with Gasteiger partial charge in [0.2, 0.25) is 0 Å². The molecule has 2 N–H and O–H groups in total. The molecule has 0 aliphatic carbocycles. The number of ether oxygens (including phenoxy) is 1. The van der Waals surface area contributed by atoms with Gasteiger partial charge in [-0.2, -0.15) is 0 Å². The third-order valence-corrected chi connectivity index (χ3v) is 2.96. The van der Waals surface area contributed by atoms with Crippen molar-refractivity contribution >= 4 is 27.9 Å². The maximum absolute atomic E-state index is 5.80. The Morgan fingerprint density at radius 2 is 2.27 bits per heavy atom. The van der Waals surface area contributed by atoms with Crippen LogP contribution in [0.4, 0.5) is 5.00 Å². The third-order valence-electron chi connectivity index (χ3n) is 1.97. The molecule has 2 aromatic rings. The second-order valence-electron chi connectivity index (χ2n) is 2.91. The number of nitrogens with zero attached hydrogens (tertiary/aromatic N) is 1. The van der Waals surface area contributed by atoms with Gasteiger partial charge in [-0.15, -0.1) is 0 Å². The Bertz CT molecular complexity index is 484. The molecule has 0 amide bonds. The summed E-state index contributed by atoms with van der Waals surface area (Å²) >= 11 is 7.05. The van der Waals surface area contributed by atoms with E-state index < -0.39 is 0 Å². The van der Waals surface area contributed by atoms with E-state index in [4.69, 9.17) is 22.1 Å². The second kappa shape index (κ2) is 4.08. The van der Waals surface area contributed by atoms with Gasteiger partial charge in [0.1, 0.15) is 16.4 Å². The van der Waals surface area contributed by atoms with Crippen LogP contribution < -0.4 is 10.5 Å². The average molecular weight is 241 g/mol. The predicted octanol–water partition coefficient (Wildman–Crippen LogP) is 3.05. The lowest BCUT2D eigenvalue weighted by molar-refractivity contribution is 0.415. The molecule has 0 spiro atoms. The fourth-order valence-corrected chi connectivity index (χ4v) is 2.19. The van der Waals surface area contributed by atoms with Crippen LogP contribution in [0.3, 0.4) is 0 Å². The number of rotatable bonds is 2. The van der Waals surface area contributed by atoms with E-state index in [1.807, 2.05) is 24.3 Å². The zero-order valence-electron chi connectivity index (χ0n) is 8.03. The van der Waals surface area contributed by atoms with E-state index in [1.165, 1.54) is 11.3 Å². The quantitative estimate of drug-likeness (QED) is 0.878. The largest absolute Gasteiger partial charge is 0.497 e. The fourth-order valence-electron chi connectivity index (χ4n) is 1.28. The molecule has 1 aromatic carbocycles. The number of hydrogen-bond acceptors (Lipinski definition) is 4. The number of halogens is 1. The van der Waals surface area contributed by atoms with Crippen molar-refractivity contribution < 1.29 is 4.74 Å². The summed E-state index contributed by atoms with van der Waals surface area (Å²) < 4.78 is 5.57. The van der Waals surface area contributed by atoms with Gasteiger partial charge < -0.3 is 10.5 Å². The Balaban J connectivity index is 2.49. The number of anilines is 1. The zero-order chi connectivity index (χ0) is 10.8. The molecule has 1 heterocycles. The van der Waals surface area contributed by atoms with Crippen molar-refractivity contribution in [2.75, 3.05) is 12.8 Å². The van der Waals surface area contributed by atoms with Crippen LogP contribution in [-0.2, 0) is 0 Å². The van der Waals surface area contributed by atoms with Crippen LogP contribution >= 0.6 is 22.9 Å². The number of methoxy groups -OCH3 is 1. The molecule has 5 heteroatoms. The highest BCUT2D eigenvalue weighted by Crippen LogP contribution is 2.34. The molecule has 0 unspecified atom stereocenters. The molecule has 1 aromatic heterocycles. The first-order chi connectivity index (χ1) is 7.20. The highest BCUT2D eigenvalue weighted by molar-refractivity contribution is 7.19.